The van der Waals surface area contributed by atoms with Crippen molar-refractivity contribution in [3.05, 3.63) is 94.4 Å². The van der Waals surface area contributed by atoms with E-state index in [2.05, 4.69) is 15.8 Å². The molecule has 0 bridgehead atoms. The molecule has 0 atom stereocenters. The summed E-state index contributed by atoms with van der Waals surface area (Å²) >= 11 is 0. The number of hydrogen-bond donors (Lipinski definition) is 3. The molecule has 2 amide bonds. The number of nitrogens with one attached hydrogen (secondary N) is 3. The van der Waals surface area contributed by atoms with Gasteiger partial charge in [0.2, 0.25) is 0 Å². The van der Waals surface area contributed by atoms with Gasteiger partial charge in [0.25, 0.3) is 17.4 Å². The molecule has 0 spiro atoms. The number of carbonyl (C=O) groups is 2. The third-order valence-electron chi connectivity index (χ3n) is 3.84. The van der Waals surface area contributed by atoms with Crippen molar-refractivity contribution in [2.45, 2.75) is 0 Å². The Labute approximate surface area is 166 Å². The van der Waals surface area contributed by atoms with Gasteiger partial charge in [0.05, 0.1) is 5.56 Å². The number of aromatic amines is 1. The lowest BCUT2D eigenvalue weighted by molar-refractivity contribution is 0.0843. The molecule has 3 aromatic rings. The molecule has 0 saturated carbocycles. The van der Waals surface area contributed by atoms with Crippen LogP contribution < -0.4 is 25.9 Å². The molecule has 0 radical (unpaired) electrons. The number of pyridine rings is 1. The Morgan fingerprint density at radius 3 is 2.14 bits per heavy atom. The Hall–Kier alpha value is -4.07. The van der Waals surface area contributed by atoms with Crippen LogP contribution in [0.15, 0.2) is 77.7 Å². The van der Waals surface area contributed by atoms with Crippen LogP contribution in [0.5, 0.6) is 11.5 Å². The Balaban J connectivity index is 1.55. The Morgan fingerprint density at radius 1 is 0.759 bits per heavy atom. The number of amides is 2. The summed E-state index contributed by atoms with van der Waals surface area (Å²) in [6, 6.07) is 18.8. The molecule has 29 heavy (non-hydrogen) atoms. The van der Waals surface area contributed by atoms with Gasteiger partial charge in [-0.15, -0.1) is 0 Å². The third kappa shape index (κ3) is 5.46. The Morgan fingerprint density at radius 2 is 1.38 bits per heavy atom. The van der Waals surface area contributed by atoms with Gasteiger partial charge in [-0.05, 0) is 36.4 Å². The summed E-state index contributed by atoms with van der Waals surface area (Å²) in [6.45, 7) is 0.526. The molecular weight excluding hydrogens is 374 g/mol. The molecule has 0 aliphatic heterocycles. The summed E-state index contributed by atoms with van der Waals surface area (Å²) < 4.78 is 11.2. The highest BCUT2D eigenvalue weighted by molar-refractivity contribution is 6.00. The van der Waals surface area contributed by atoms with Gasteiger partial charge < -0.3 is 14.5 Å². The highest BCUT2D eigenvalue weighted by Gasteiger charge is 2.15. The Bertz CT molecular complexity index is 1030. The van der Waals surface area contributed by atoms with E-state index < -0.39 is 17.4 Å². The van der Waals surface area contributed by atoms with Crippen LogP contribution in [0.2, 0.25) is 0 Å². The van der Waals surface area contributed by atoms with Crippen molar-refractivity contribution in [3.8, 4) is 11.5 Å². The van der Waals surface area contributed by atoms with Gasteiger partial charge in [0.1, 0.15) is 30.3 Å². The van der Waals surface area contributed by atoms with Crippen LogP contribution in [0.4, 0.5) is 0 Å². The molecule has 3 N–H and O–H groups in total. The van der Waals surface area contributed by atoms with Gasteiger partial charge in [-0.25, -0.2) is 0 Å². The average molecular weight is 393 g/mol. The van der Waals surface area contributed by atoms with E-state index in [1.54, 1.807) is 24.3 Å². The van der Waals surface area contributed by atoms with Crippen LogP contribution in [0, 0.1) is 0 Å². The quantitative estimate of drug-likeness (QED) is 0.420. The minimum atomic E-state index is -0.727. The summed E-state index contributed by atoms with van der Waals surface area (Å²) in [5, 5.41) is 0. The maximum Gasteiger partial charge on any atom is 0.275 e. The highest BCUT2D eigenvalue weighted by Crippen LogP contribution is 2.17. The number of aromatic nitrogens is 1. The van der Waals surface area contributed by atoms with Crippen molar-refractivity contribution in [2.75, 3.05) is 13.2 Å². The molecule has 2 aromatic carbocycles. The van der Waals surface area contributed by atoms with Crippen LogP contribution in [0.3, 0.4) is 0 Å². The van der Waals surface area contributed by atoms with E-state index in [9.17, 15) is 14.4 Å². The lowest BCUT2D eigenvalue weighted by Crippen LogP contribution is -2.43. The van der Waals surface area contributed by atoms with Crippen LogP contribution in [0.1, 0.15) is 20.7 Å². The fourth-order valence-corrected chi connectivity index (χ4v) is 2.46. The summed E-state index contributed by atoms with van der Waals surface area (Å²) in [6.07, 6.45) is 1.41. The molecule has 8 heteroatoms. The molecule has 0 fully saturated rings. The minimum absolute atomic E-state index is 0.115. The zero-order valence-electron chi connectivity index (χ0n) is 15.4. The fourth-order valence-electron chi connectivity index (χ4n) is 2.46. The topological polar surface area (TPSA) is 110 Å². The van der Waals surface area contributed by atoms with Gasteiger partial charge in [0, 0.05) is 6.20 Å². The van der Waals surface area contributed by atoms with Crippen molar-refractivity contribution >= 4 is 11.8 Å². The van der Waals surface area contributed by atoms with Gasteiger partial charge in [-0.1, -0.05) is 30.3 Å². The molecule has 1 aromatic heterocycles. The van der Waals surface area contributed by atoms with E-state index in [0.29, 0.717) is 12.4 Å². The molecule has 148 valence electrons. The maximum atomic E-state index is 12.4. The van der Waals surface area contributed by atoms with E-state index >= 15 is 0 Å². The monoisotopic (exact) mass is 393 g/mol. The summed E-state index contributed by atoms with van der Waals surface area (Å²) in [5.41, 5.74) is 4.06. The number of ether oxygens (including phenoxy) is 2. The second-order valence-corrected chi connectivity index (χ2v) is 5.83. The zero-order valence-corrected chi connectivity index (χ0v) is 15.4. The van der Waals surface area contributed by atoms with Gasteiger partial charge in [-0.2, -0.15) is 0 Å². The van der Waals surface area contributed by atoms with E-state index in [1.165, 1.54) is 18.3 Å². The standard InChI is InChI=1S/C21H19N3O5/c25-19-17(10-6-12-22-19)21(27)24-23-20(26)16-9-4-5-11-18(16)29-14-13-28-15-7-2-1-3-8-15/h1-12H,13-14H2,(H,22,25)(H,23,26)(H,24,27). The molecule has 0 saturated heterocycles. The lowest BCUT2D eigenvalue weighted by atomic mass is 10.2. The van der Waals surface area contributed by atoms with Gasteiger partial charge in [0.15, 0.2) is 0 Å². The smallest absolute Gasteiger partial charge is 0.275 e. The normalized spacial score (nSPS) is 10.1. The first kappa shape index (κ1) is 19.7. The minimum Gasteiger partial charge on any atom is -0.490 e. The number of H-pyrrole nitrogens is 1. The molecule has 1 heterocycles. The number of hydrazine groups is 1. The summed E-state index contributed by atoms with van der Waals surface area (Å²) in [5.74, 6) is -0.241. The maximum absolute atomic E-state index is 12.4. The molecule has 3 rings (SSSR count). The third-order valence-corrected chi connectivity index (χ3v) is 3.84. The van der Waals surface area contributed by atoms with Crippen LogP contribution in [-0.2, 0) is 0 Å². The number of rotatable bonds is 7. The number of benzene rings is 2. The summed E-state index contributed by atoms with van der Waals surface area (Å²) in [7, 11) is 0. The number of hydrogen-bond acceptors (Lipinski definition) is 5. The summed E-state index contributed by atoms with van der Waals surface area (Å²) in [4.78, 5) is 38.5. The second-order valence-electron chi connectivity index (χ2n) is 5.83. The van der Waals surface area contributed by atoms with Crippen molar-refractivity contribution < 1.29 is 19.1 Å². The molecule has 0 aliphatic carbocycles. The number of para-hydroxylation sites is 2. The highest BCUT2D eigenvalue weighted by atomic mass is 16.5. The Kier molecular flexibility index (Phi) is 6.62. The first-order valence-corrected chi connectivity index (χ1v) is 8.83. The zero-order chi connectivity index (χ0) is 20.5. The SMILES string of the molecule is O=C(NNC(=O)c1ccc[nH]c1=O)c1ccccc1OCCOc1ccccc1. The average Bonchev–Trinajstić information content (AvgIpc) is 2.76. The first-order valence-electron chi connectivity index (χ1n) is 8.83. The van der Waals surface area contributed by atoms with Crippen LogP contribution in [-0.4, -0.2) is 30.0 Å². The second kappa shape index (κ2) is 9.75. The fraction of sp³-hybridized carbons (Fsp3) is 0.0952. The van der Waals surface area contributed by atoms with Gasteiger partial charge in [-0.3, -0.25) is 25.2 Å². The first-order chi connectivity index (χ1) is 14.1. The predicted octanol–water partition coefficient (Wildman–Crippen LogP) is 1.91. The van der Waals surface area contributed by atoms with Crippen molar-refractivity contribution in [1.82, 2.24) is 15.8 Å². The molecule has 0 aliphatic rings. The van der Waals surface area contributed by atoms with E-state index in [4.69, 9.17) is 9.47 Å². The number of carbonyl (C=O) groups excluding carboxylic acids is 2. The van der Waals surface area contributed by atoms with Crippen molar-refractivity contribution in [2.24, 2.45) is 0 Å². The van der Waals surface area contributed by atoms with E-state index in [0.717, 1.165) is 5.75 Å². The molecule has 8 nitrogen and oxygen atoms in total. The predicted molar refractivity (Wildman–Crippen MR) is 106 cm³/mol. The molecular formula is C21H19N3O5. The van der Waals surface area contributed by atoms with Crippen LogP contribution in [0.25, 0.3) is 0 Å². The van der Waals surface area contributed by atoms with E-state index in [1.807, 2.05) is 30.3 Å². The van der Waals surface area contributed by atoms with Gasteiger partial charge >= 0.3 is 0 Å². The van der Waals surface area contributed by atoms with Crippen molar-refractivity contribution in [1.29, 1.82) is 0 Å². The van der Waals surface area contributed by atoms with E-state index in [-0.39, 0.29) is 17.7 Å². The van der Waals surface area contributed by atoms with Crippen LogP contribution >= 0.6 is 0 Å². The molecule has 0 unspecified atom stereocenters. The lowest BCUT2D eigenvalue weighted by Gasteiger charge is -2.12. The largest absolute Gasteiger partial charge is 0.490 e. The van der Waals surface area contributed by atoms with Crippen molar-refractivity contribution in [3.63, 3.8) is 0 Å².